The fourth-order valence-corrected chi connectivity index (χ4v) is 3.80. The number of piperazine rings is 1. The van der Waals surface area contributed by atoms with Crippen molar-refractivity contribution in [1.82, 2.24) is 20.2 Å². The second-order valence-corrected chi connectivity index (χ2v) is 7.24. The molecule has 3 heterocycles. The van der Waals surface area contributed by atoms with E-state index in [4.69, 9.17) is 0 Å². The van der Waals surface area contributed by atoms with E-state index >= 15 is 0 Å². The van der Waals surface area contributed by atoms with E-state index in [-0.39, 0.29) is 29.9 Å². The van der Waals surface area contributed by atoms with Crippen molar-refractivity contribution in [3.8, 4) is 0 Å². The standard InChI is InChI=1S/C21H27N7O.HI/c1-22-20(26-12-14-27(15-13-26)21-23-9-3-10-24-21)25-16-17-5-7-18(8-6-17)28-11-2-4-19(28)29;/h3,5-10H,2,4,11-16H2,1H3,(H,22,25);1H. The zero-order valence-electron chi connectivity index (χ0n) is 17.2. The highest BCUT2D eigenvalue weighted by atomic mass is 127. The fraction of sp³-hybridized carbons (Fsp3) is 0.429. The Balaban J connectivity index is 0.00000256. The fourth-order valence-electron chi connectivity index (χ4n) is 3.80. The third kappa shape index (κ3) is 5.18. The van der Waals surface area contributed by atoms with Crippen molar-refractivity contribution in [3.63, 3.8) is 0 Å². The summed E-state index contributed by atoms with van der Waals surface area (Å²) in [4.78, 5) is 31.3. The lowest BCUT2D eigenvalue weighted by Crippen LogP contribution is -2.52. The van der Waals surface area contributed by atoms with Crippen molar-refractivity contribution >= 4 is 47.5 Å². The summed E-state index contributed by atoms with van der Waals surface area (Å²) < 4.78 is 0. The van der Waals surface area contributed by atoms with Gasteiger partial charge in [-0.1, -0.05) is 12.1 Å². The van der Waals surface area contributed by atoms with Crippen LogP contribution in [0.4, 0.5) is 11.6 Å². The number of carbonyl (C=O) groups is 1. The molecule has 160 valence electrons. The number of halogens is 1. The number of anilines is 2. The average Bonchev–Trinajstić information content (AvgIpc) is 3.21. The molecule has 0 aliphatic carbocycles. The summed E-state index contributed by atoms with van der Waals surface area (Å²) in [5.41, 5.74) is 2.15. The first-order chi connectivity index (χ1) is 14.2. The van der Waals surface area contributed by atoms with Crippen LogP contribution in [0, 0.1) is 0 Å². The number of aliphatic imine (C=N–C) groups is 1. The van der Waals surface area contributed by atoms with Crippen LogP contribution in [-0.2, 0) is 11.3 Å². The highest BCUT2D eigenvalue weighted by Crippen LogP contribution is 2.21. The van der Waals surface area contributed by atoms with Crippen molar-refractivity contribution in [2.75, 3.05) is 49.6 Å². The van der Waals surface area contributed by atoms with Crippen LogP contribution in [0.3, 0.4) is 0 Å². The SMILES string of the molecule is CN=C(NCc1ccc(N2CCCC2=O)cc1)N1CCN(c2ncccn2)CC1.I. The lowest BCUT2D eigenvalue weighted by atomic mass is 10.2. The van der Waals surface area contributed by atoms with Gasteiger partial charge in [-0.25, -0.2) is 9.97 Å². The molecule has 0 saturated carbocycles. The molecule has 2 aliphatic heterocycles. The highest BCUT2D eigenvalue weighted by molar-refractivity contribution is 14.0. The Bertz CT molecular complexity index is 851. The van der Waals surface area contributed by atoms with Gasteiger partial charge in [-0.05, 0) is 30.2 Å². The van der Waals surface area contributed by atoms with Crippen LogP contribution in [0.1, 0.15) is 18.4 Å². The smallest absolute Gasteiger partial charge is 0.227 e. The molecular weight excluding hydrogens is 493 g/mol. The topological polar surface area (TPSA) is 77.0 Å². The number of aromatic nitrogens is 2. The maximum atomic E-state index is 11.9. The van der Waals surface area contributed by atoms with Gasteiger partial charge in [-0.2, -0.15) is 0 Å². The second-order valence-electron chi connectivity index (χ2n) is 7.24. The number of nitrogens with one attached hydrogen (secondary N) is 1. The first-order valence-corrected chi connectivity index (χ1v) is 10.1. The monoisotopic (exact) mass is 521 g/mol. The minimum atomic E-state index is 0. The van der Waals surface area contributed by atoms with Gasteiger partial charge in [-0.3, -0.25) is 9.79 Å². The number of carbonyl (C=O) groups excluding carboxylic acids is 1. The molecule has 8 nitrogen and oxygen atoms in total. The van der Waals surface area contributed by atoms with Crippen LogP contribution in [0.2, 0.25) is 0 Å². The summed E-state index contributed by atoms with van der Waals surface area (Å²) in [6.07, 6.45) is 5.16. The van der Waals surface area contributed by atoms with Crippen LogP contribution < -0.4 is 15.1 Å². The maximum Gasteiger partial charge on any atom is 0.227 e. The largest absolute Gasteiger partial charge is 0.352 e. The predicted molar refractivity (Wildman–Crippen MR) is 129 cm³/mol. The van der Waals surface area contributed by atoms with Gasteiger partial charge in [0, 0.05) is 70.8 Å². The predicted octanol–water partition coefficient (Wildman–Crippen LogP) is 2.12. The molecule has 2 aliphatic rings. The van der Waals surface area contributed by atoms with E-state index in [2.05, 4.69) is 42.2 Å². The molecule has 4 rings (SSSR count). The molecule has 2 fully saturated rings. The normalized spacial score (nSPS) is 17.2. The summed E-state index contributed by atoms with van der Waals surface area (Å²) in [6, 6.07) is 10.0. The van der Waals surface area contributed by atoms with Crippen LogP contribution >= 0.6 is 24.0 Å². The number of hydrogen-bond donors (Lipinski definition) is 1. The van der Waals surface area contributed by atoms with Gasteiger partial charge >= 0.3 is 0 Å². The quantitative estimate of drug-likeness (QED) is 0.378. The van der Waals surface area contributed by atoms with Gasteiger partial charge in [0.15, 0.2) is 5.96 Å². The molecule has 30 heavy (non-hydrogen) atoms. The van der Waals surface area contributed by atoms with Crippen molar-refractivity contribution < 1.29 is 4.79 Å². The minimum Gasteiger partial charge on any atom is -0.352 e. The van der Waals surface area contributed by atoms with Gasteiger partial charge in [0.25, 0.3) is 0 Å². The van der Waals surface area contributed by atoms with Gasteiger partial charge in [0.1, 0.15) is 0 Å². The molecule has 0 unspecified atom stereocenters. The average molecular weight is 521 g/mol. The Labute approximate surface area is 194 Å². The van der Waals surface area contributed by atoms with E-state index in [1.54, 1.807) is 12.4 Å². The zero-order valence-corrected chi connectivity index (χ0v) is 19.5. The molecular formula is C21H28IN7O. The first kappa shape index (κ1) is 22.3. The number of nitrogens with zero attached hydrogens (tertiary/aromatic N) is 6. The van der Waals surface area contributed by atoms with Crippen LogP contribution in [0.25, 0.3) is 0 Å². The summed E-state index contributed by atoms with van der Waals surface area (Å²) in [5.74, 6) is 1.90. The summed E-state index contributed by atoms with van der Waals surface area (Å²) in [6.45, 7) is 4.99. The molecule has 2 saturated heterocycles. The molecule has 2 aromatic rings. The lowest BCUT2D eigenvalue weighted by Gasteiger charge is -2.36. The van der Waals surface area contributed by atoms with Crippen molar-refractivity contribution in [2.45, 2.75) is 19.4 Å². The van der Waals surface area contributed by atoms with E-state index in [9.17, 15) is 4.79 Å². The third-order valence-electron chi connectivity index (χ3n) is 5.40. The van der Waals surface area contributed by atoms with E-state index in [0.29, 0.717) is 13.0 Å². The van der Waals surface area contributed by atoms with E-state index in [1.807, 2.05) is 30.1 Å². The number of rotatable bonds is 4. The van der Waals surface area contributed by atoms with E-state index in [0.717, 1.165) is 62.3 Å². The molecule has 1 aromatic heterocycles. The Morgan fingerprint density at radius 1 is 1.07 bits per heavy atom. The Kier molecular flexibility index (Phi) is 7.83. The molecule has 1 aromatic carbocycles. The second kappa shape index (κ2) is 10.6. The number of benzene rings is 1. The highest BCUT2D eigenvalue weighted by Gasteiger charge is 2.22. The van der Waals surface area contributed by atoms with Crippen LogP contribution in [-0.4, -0.2) is 66.5 Å². The molecule has 0 bridgehead atoms. The van der Waals surface area contributed by atoms with Crippen molar-refractivity contribution in [1.29, 1.82) is 0 Å². The van der Waals surface area contributed by atoms with E-state index in [1.165, 1.54) is 0 Å². The molecule has 1 N–H and O–H groups in total. The minimum absolute atomic E-state index is 0. The lowest BCUT2D eigenvalue weighted by molar-refractivity contribution is -0.117. The maximum absolute atomic E-state index is 11.9. The first-order valence-electron chi connectivity index (χ1n) is 10.1. The Hall–Kier alpha value is -2.43. The van der Waals surface area contributed by atoms with Gasteiger partial charge in [0.05, 0.1) is 0 Å². The molecule has 1 amide bonds. The molecule has 9 heteroatoms. The van der Waals surface area contributed by atoms with Crippen molar-refractivity contribution in [2.24, 2.45) is 4.99 Å². The van der Waals surface area contributed by atoms with Crippen molar-refractivity contribution in [3.05, 3.63) is 48.3 Å². The van der Waals surface area contributed by atoms with Gasteiger partial charge < -0.3 is 20.0 Å². The van der Waals surface area contributed by atoms with E-state index < -0.39 is 0 Å². The summed E-state index contributed by atoms with van der Waals surface area (Å²) in [7, 11) is 1.82. The summed E-state index contributed by atoms with van der Waals surface area (Å²) in [5, 5.41) is 3.45. The number of hydrogen-bond acceptors (Lipinski definition) is 5. The number of amides is 1. The Morgan fingerprint density at radius 3 is 2.37 bits per heavy atom. The third-order valence-corrected chi connectivity index (χ3v) is 5.40. The molecule has 0 spiro atoms. The summed E-state index contributed by atoms with van der Waals surface area (Å²) >= 11 is 0. The van der Waals surface area contributed by atoms with Gasteiger partial charge in [-0.15, -0.1) is 24.0 Å². The zero-order chi connectivity index (χ0) is 20.1. The van der Waals surface area contributed by atoms with Gasteiger partial charge in [0.2, 0.25) is 11.9 Å². The molecule has 0 radical (unpaired) electrons. The Morgan fingerprint density at radius 2 is 1.77 bits per heavy atom. The van der Waals surface area contributed by atoms with Crippen LogP contribution in [0.15, 0.2) is 47.7 Å². The number of guanidine groups is 1. The van der Waals surface area contributed by atoms with Crippen LogP contribution in [0.5, 0.6) is 0 Å². The molecule has 0 atom stereocenters.